The predicted octanol–water partition coefficient (Wildman–Crippen LogP) is 2.96. The molecule has 0 saturated carbocycles. The monoisotopic (exact) mass is 330 g/mol. The topological polar surface area (TPSA) is 63.4 Å². The van der Waals surface area contributed by atoms with Crippen LogP contribution in [-0.2, 0) is 16.6 Å². The average Bonchev–Trinajstić information content (AvgIpc) is 2.79. The van der Waals surface area contributed by atoms with E-state index >= 15 is 0 Å². The second-order valence-electron chi connectivity index (χ2n) is 6.92. The molecule has 2 heterocycles. The highest BCUT2D eigenvalue weighted by Gasteiger charge is 2.35. The van der Waals surface area contributed by atoms with E-state index in [1.807, 2.05) is 12.3 Å². The van der Waals surface area contributed by atoms with Gasteiger partial charge >= 0.3 is 0 Å². The molecule has 1 fully saturated rings. The van der Waals surface area contributed by atoms with E-state index in [0.29, 0.717) is 23.9 Å². The van der Waals surface area contributed by atoms with Gasteiger partial charge in [-0.2, -0.15) is 4.31 Å². The summed E-state index contributed by atoms with van der Waals surface area (Å²) in [5.41, 5.74) is 6.76. The molecule has 0 atom stereocenters. The quantitative estimate of drug-likeness (QED) is 0.927. The molecule has 0 aliphatic carbocycles. The molecular formula is C15H26N2O2S2. The van der Waals surface area contributed by atoms with Gasteiger partial charge in [0.15, 0.2) is 0 Å². The van der Waals surface area contributed by atoms with Crippen LogP contribution in [-0.4, -0.2) is 25.8 Å². The molecule has 1 aromatic heterocycles. The van der Waals surface area contributed by atoms with Gasteiger partial charge < -0.3 is 5.73 Å². The SMILES string of the molecule is Cc1csc(CN)c1S(=O)(=O)N1CCC(C(C)(C)C)CC1. The molecule has 0 radical (unpaired) electrons. The van der Waals surface area contributed by atoms with Gasteiger partial charge in [-0.3, -0.25) is 0 Å². The van der Waals surface area contributed by atoms with Crippen molar-refractivity contribution in [2.24, 2.45) is 17.1 Å². The average molecular weight is 331 g/mol. The Morgan fingerprint density at radius 3 is 2.38 bits per heavy atom. The van der Waals surface area contributed by atoms with Crippen molar-refractivity contribution in [3.8, 4) is 0 Å². The van der Waals surface area contributed by atoms with Crippen LogP contribution in [0.1, 0.15) is 44.1 Å². The second kappa shape index (κ2) is 5.99. The van der Waals surface area contributed by atoms with Crippen molar-refractivity contribution in [1.29, 1.82) is 0 Å². The van der Waals surface area contributed by atoms with Gasteiger partial charge in [0.1, 0.15) is 4.90 Å². The fourth-order valence-corrected chi connectivity index (χ4v) is 6.19. The summed E-state index contributed by atoms with van der Waals surface area (Å²) in [6.07, 6.45) is 1.87. The molecule has 0 unspecified atom stereocenters. The summed E-state index contributed by atoms with van der Waals surface area (Å²) in [7, 11) is -3.40. The van der Waals surface area contributed by atoms with E-state index in [1.165, 1.54) is 11.3 Å². The lowest BCUT2D eigenvalue weighted by atomic mass is 9.76. The highest BCUT2D eigenvalue weighted by atomic mass is 32.2. The first-order valence-corrected chi connectivity index (χ1v) is 9.77. The van der Waals surface area contributed by atoms with Gasteiger partial charge in [0.05, 0.1) is 0 Å². The molecule has 1 aliphatic heterocycles. The number of hydrogen-bond donors (Lipinski definition) is 1. The highest BCUT2D eigenvalue weighted by Crippen LogP contribution is 2.37. The first-order valence-electron chi connectivity index (χ1n) is 7.45. The fraction of sp³-hybridized carbons (Fsp3) is 0.733. The van der Waals surface area contributed by atoms with Gasteiger partial charge in [0.2, 0.25) is 10.0 Å². The number of thiophene rings is 1. The maximum absolute atomic E-state index is 12.9. The van der Waals surface area contributed by atoms with Crippen molar-refractivity contribution in [3.63, 3.8) is 0 Å². The minimum absolute atomic E-state index is 0.247. The molecule has 120 valence electrons. The molecule has 0 spiro atoms. The van der Waals surface area contributed by atoms with E-state index in [2.05, 4.69) is 20.8 Å². The number of nitrogens with two attached hydrogens (primary N) is 1. The first-order chi connectivity index (χ1) is 9.67. The van der Waals surface area contributed by atoms with E-state index in [0.717, 1.165) is 23.3 Å². The number of sulfonamides is 1. The number of nitrogens with zero attached hydrogens (tertiary/aromatic N) is 1. The van der Waals surface area contributed by atoms with Crippen LogP contribution in [0.25, 0.3) is 0 Å². The maximum atomic E-state index is 12.9. The van der Waals surface area contributed by atoms with E-state index in [9.17, 15) is 8.42 Å². The zero-order valence-corrected chi connectivity index (χ0v) is 15.0. The zero-order valence-electron chi connectivity index (χ0n) is 13.3. The fourth-order valence-electron chi connectivity index (χ4n) is 3.07. The zero-order chi connectivity index (χ0) is 15.8. The molecule has 2 N–H and O–H groups in total. The Kier molecular flexibility index (Phi) is 4.83. The van der Waals surface area contributed by atoms with Crippen molar-refractivity contribution in [3.05, 3.63) is 15.8 Å². The normalized spacial score (nSPS) is 19.1. The minimum atomic E-state index is -3.40. The van der Waals surface area contributed by atoms with Gasteiger partial charge in [0, 0.05) is 24.5 Å². The molecule has 0 amide bonds. The van der Waals surface area contributed by atoms with Gasteiger partial charge in [-0.05, 0) is 42.0 Å². The van der Waals surface area contributed by atoms with Crippen molar-refractivity contribution >= 4 is 21.4 Å². The van der Waals surface area contributed by atoms with Crippen LogP contribution in [0.5, 0.6) is 0 Å². The summed E-state index contributed by atoms with van der Waals surface area (Å²) in [6, 6.07) is 0. The Bertz CT molecular complexity index is 592. The van der Waals surface area contributed by atoms with Crippen molar-refractivity contribution in [2.45, 2.75) is 52.0 Å². The molecular weight excluding hydrogens is 304 g/mol. The lowest BCUT2D eigenvalue weighted by Crippen LogP contribution is -2.41. The maximum Gasteiger partial charge on any atom is 0.244 e. The minimum Gasteiger partial charge on any atom is -0.326 e. The van der Waals surface area contributed by atoms with Gasteiger partial charge in [-0.15, -0.1) is 11.3 Å². The van der Waals surface area contributed by atoms with Crippen LogP contribution >= 0.6 is 11.3 Å². The van der Waals surface area contributed by atoms with E-state index in [1.54, 1.807) is 4.31 Å². The number of rotatable bonds is 3. The van der Waals surface area contributed by atoms with Gasteiger partial charge in [0.25, 0.3) is 0 Å². The summed E-state index contributed by atoms with van der Waals surface area (Å²) in [5, 5.41) is 1.89. The van der Waals surface area contributed by atoms with E-state index in [4.69, 9.17) is 5.73 Å². The summed E-state index contributed by atoms with van der Waals surface area (Å²) in [4.78, 5) is 1.22. The third kappa shape index (κ3) is 3.33. The Labute approximate surface area is 132 Å². The molecule has 0 bridgehead atoms. The Morgan fingerprint density at radius 1 is 1.33 bits per heavy atom. The third-order valence-electron chi connectivity index (χ3n) is 4.45. The van der Waals surface area contributed by atoms with Crippen LogP contribution in [0.4, 0.5) is 0 Å². The van der Waals surface area contributed by atoms with Crippen LogP contribution in [0.15, 0.2) is 10.3 Å². The Morgan fingerprint density at radius 2 is 1.90 bits per heavy atom. The van der Waals surface area contributed by atoms with Crippen molar-refractivity contribution < 1.29 is 8.42 Å². The first kappa shape index (κ1) is 16.9. The molecule has 0 aromatic carbocycles. The summed E-state index contributed by atoms with van der Waals surface area (Å²) in [6.45, 7) is 10.1. The molecule has 1 aliphatic rings. The van der Waals surface area contributed by atoms with Crippen LogP contribution < -0.4 is 5.73 Å². The van der Waals surface area contributed by atoms with E-state index < -0.39 is 10.0 Å². The lowest BCUT2D eigenvalue weighted by molar-refractivity contribution is 0.154. The standard InChI is InChI=1S/C15H26N2O2S2/c1-11-10-20-13(9-16)14(11)21(18,19)17-7-5-12(6-8-17)15(2,3)4/h10,12H,5-9,16H2,1-4H3. The molecule has 1 aromatic rings. The number of piperidine rings is 1. The van der Waals surface area contributed by atoms with Crippen LogP contribution in [0, 0.1) is 18.3 Å². The summed E-state index contributed by atoms with van der Waals surface area (Å²) < 4.78 is 27.4. The summed E-state index contributed by atoms with van der Waals surface area (Å²) >= 11 is 1.44. The van der Waals surface area contributed by atoms with Crippen molar-refractivity contribution in [2.75, 3.05) is 13.1 Å². The molecule has 1 saturated heterocycles. The molecule has 6 heteroatoms. The van der Waals surface area contributed by atoms with Crippen molar-refractivity contribution in [1.82, 2.24) is 4.31 Å². The predicted molar refractivity (Wildman–Crippen MR) is 87.9 cm³/mol. The van der Waals surface area contributed by atoms with Crippen LogP contribution in [0.3, 0.4) is 0 Å². The van der Waals surface area contributed by atoms with E-state index in [-0.39, 0.29) is 12.0 Å². The van der Waals surface area contributed by atoms with Gasteiger partial charge in [-0.1, -0.05) is 20.8 Å². The van der Waals surface area contributed by atoms with Gasteiger partial charge in [-0.25, -0.2) is 8.42 Å². The largest absolute Gasteiger partial charge is 0.326 e. The third-order valence-corrected chi connectivity index (χ3v) is 7.84. The molecule has 4 nitrogen and oxygen atoms in total. The summed E-state index contributed by atoms with van der Waals surface area (Å²) in [5.74, 6) is 0.585. The molecule has 2 rings (SSSR count). The number of aryl methyl sites for hydroxylation is 1. The molecule has 21 heavy (non-hydrogen) atoms. The Balaban J connectivity index is 2.21. The smallest absolute Gasteiger partial charge is 0.244 e. The highest BCUT2D eigenvalue weighted by molar-refractivity contribution is 7.89. The lowest BCUT2D eigenvalue weighted by Gasteiger charge is -2.38. The second-order valence-corrected chi connectivity index (χ2v) is 9.76. The Hall–Kier alpha value is -0.430. The van der Waals surface area contributed by atoms with Crippen LogP contribution in [0.2, 0.25) is 0 Å². The number of hydrogen-bond acceptors (Lipinski definition) is 4.